The van der Waals surface area contributed by atoms with E-state index in [0.717, 1.165) is 6.33 Å². The van der Waals surface area contributed by atoms with E-state index >= 15 is 0 Å². The maximum atomic E-state index is 11.9. The van der Waals surface area contributed by atoms with Gasteiger partial charge in [0.25, 0.3) is 12.3 Å². The molecule has 1 aromatic rings. The minimum absolute atomic E-state index is 0.315. The highest BCUT2D eigenvalue weighted by Gasteiger charge is 2.24. The van der Waals surface area contributed by atoms with Gasteiger partial charge in [0.15, 0.2) is 6.61 Å². The van der Waals surface area contributed by atoms with Crippen molar-refractivity contribution in [3.63, 3.8) is 0 Å². The number of ether oxygens (including phenoxy) is 1. The van der Waals surface area contributed by atoms with Crippen molar-refractivity contribution >= 4 is 11.5 Å². The molecule has 1 heterocycles. The zero-order chi connectivity index (χ0) is 12.1. The maximum Gasteiger partial charge on any atom is 0.374 e. The number of rotatable bonds is 5. The summed E-state index contributed by atoms with van der Waals surface area (Å²) >= 11 is 0. The number of nitro groups is 1. The molecule has 8 nitrogen and oxygen atoms in total. The van der Waals surface area contributed by atoms with Gasteiger partial charge in [-0.05, 0) is 0 Å². The van der Waals surface area contributed by atoms with E-state index in [1.54, 1.807) is 0 Å². The van der Waals surface area contributed by atoms with Gasteiger partial charge in [-0.25, -0.2) is 19.6 Å². The molecule has 10 heteroatoms. The lowest BCUT2D eigenvalue weighted by atomic mass is 10.4. The molecule has 0 spiro atoms. The van der Waals surface area contributed by atoms with Crippen LogP contribution in [0.4, 0.5) is 20.3 Å². The van der Waals surface area contributed by atoms with Crippen LogP contribution in [0.1, 0.15) is 0 Å². The molecule has 1 rings (SSSR count). The van der Waals surface area contributed by atoms with Gasteiger partial charge in [-0.2, -0.15) is 4.98 Å². The zero-order valence-corrected chi connectivity index (χ0v) is 7.76. The van der Waals surface area contributed by atoms with Crippen LogP contribution in [-0.2, 0) is 0 Å². The predicted octanol–water partition coefficient (Wildman–Crippen LogP) is 0.314. The number of aromatic nitrogens is 2. The third kappa shape index (κ3) is 2.70. The van der Waals surface area contributed by atoms with Gasteiger partial charge in [-0.1, -0.05) is 0 Å². The second-order valence-electron chi connectivity index (χ2n) is 2.48. The van der Waals surface area contributed by atoms with Crippen molar-refractivity contribution in [3.05, 3.63) is 16.4 Å². The molecule has 3 N–H and O–H groups in total. The van der Waals surface area contributed by atoms with E-state index in [1.807, 2.05) is 5.43 Å². The molecule has 0 saturated heterocycles. The number of nitrogens with two attached hydrogens (primary N) is 1. The number of anilines is 1. The fourth-order valence-corrected chi connectivity index (χ4v) is 0.880. The molecule has 0 amide bonds. The molecule has 0 radical (unpaired) electrons. The van der Waals surface area contributed by atoms with Crippen molar-refractivity contribution < 1.29 is 18.4 Å². The lowest BCUT2D eigenvalue weighted by molar-refractivity contribution is -0.385. The van der Waals surface area contributed by atoms with Crippen molar-refractivity contribution in [1.82, 2.24) is 9.97 Å². The predicted molar refractivity (Wildman–Crippen MR) is 48.0 cm³/mol. The number of nitrogen functional groups attached to an aromatic ring is 1. The molecule has 0 aliphatic rings. The largest absolute Gasteiger partial charge is 0.467 e. The average molecular weight is 235 g/mol. The molecule has 1 aromatic heterocycles. The molecule has 0 aliphatic heterocycles. The normalized spacial score (nSPS) is 10.2. The first-order valence-electron chi connectivity index (χ1n) is 3.93. The van der Waals surface area contributed by atoms with E-state index in [9.17, 15) is 18.9 Å². The Kier molecular flexibility index (Phi) is 3.83. The highest BCUT2D eigenvalue weighted by Crippen LogP contribution is 2.30. The van der Waals surface area contributed by atoms with Crippen LogP contribution >= 0.6 is 0 Å². The van der Waals surface area contributed by atoms with Crippen LogP contribution in [-0.4, -0.2) is 27.9 Å². The van der Waals surface area contributed by atoms with Gasteiger partial charge < -0.3 is 10.2 Å². The van der Waals surface area contributed by atoms with Gasteiger partial charge in [0.1, 0.15) is 6.33 Å². The minimum Gasteiger partial charge on any atom is -0.467 e. The number of alkyl halides is 2. The quantitative estimate of drug-likeness (QED) is 0.428. The van der Waals surface area contributed by atoms with Crippen molar-refractivity contribution in [2.24, 2.45) is 5.84 Å². The monoisotopic (exact) mass is 235 g/mol. The van der Waals surface area contributed by atoms with Crippen LogP contribution in [0.25, 0.3) is 0 Å². The van der Waals surface area contributed by atoms with Crippen molar-refractivity contribution in [1.29, 1.82) is 0 Å². The number of hydrogen-bond acceptors (Lipinski definition) is 7. The van der Waals surface area contributed by atoms with Crippen LogP contribution in [0.2, 0.25) is 0 Å². The molecular weight excluding hydrogens is 228 g/mol. The number of nitrogens with zero attached hydrogens (tertiary/aromatic N) is 3. The van der Waals surface area contributed by atoms with Gasteiger partial charge in [-0.15, -0.1) is 0 Å². The summed E-state index contributed by atoms with van der Waals surface area (Å²) in [6.45, 7) is -0.998. The van der Waals surface area contributed by atoms with Crippen molar-refractivity contribution in [2.45, 2.75) is 6.43 Å². The summed E-state index contributed by atoms with van der Waals surface area (Å²) < 4.78 is 28.2. The zero-order valence-electron chi connectivity index (χ0n) is 7.76. The molecule has 88 valence electrons. The van der Waals surface area contributed by atoms with Crippen LogP contribution in [0.15, 0.2) is 6.33 Å². The Bertz CT molecular complexity index is 388. The van der Waals surface area contributed by atoms with E-state index in [4.69, 9.17) is 5.84 Å². The second-order valence-corrected chi connectivity index (χ2v) is 2.48. The molecule has 0 aromatic carbocycles. The van der Waals surface area contributed by atoms with Crippen LogP contribution < -0.4 is 16.0 Å². The highest BCUT2D eigenvalue weighted by molar-refractivity contribution is 5.60. The summed E-state index contributed by atoms with van der Waals surface area (Å²) in [5.41, 5.74) is 1.26. The van der Waals surface area contributed by atoms with E-state index in [0.29, 0.717) is 0 Å². The lowest BCUT2D eigenvalue weighted by Gasteiger charge is -2.06. The molecule has 16 heavy (non-hydrogen) atoms. The molecule has 0 saturated carbocycles. The molecular formula is C6H7F2N5O3. The van der Waals surface area contributed by atoms with Crippen LogP contribution in [0.3, 0.4) is 0 Å². The fourth-order valence-electron chi connectivity index (χ4n) is 0.880. The number of hydrogen-bond donors (Lipinski definition) is 2. The van der Waals surface area contributed by atoms with Gasteiger partial charge in [0.05, 0.1) is 4.92 Å². The Balaban J connectivity index is 3.02. The first-order valence-corrected chi connectivity index (χ1v) is 3.93. The van der Waals surface area contributed by atoms with Gasteiger partial charge in [0.2, 0.25) is 5.82 Å². The SMILES string of the molecule is NNc1ncnc(OCC(F)F)c1[N+](=O)[O-]. The van der Waals surface area contributed by atoms with Gasteiger partial charge >= 0.3 is 5.69 Å². The maximum absolute atomic E-state index is 11.9. The number of halogens is 2. The first-order chi connectivity index (χ1) is 7.56. The van der Waals surface area contributed by atoms with Crippen LogP contribution in [0.5, 0.6) is 5.88 Å². The van der Waals surface area contributed by atoms with E-state index < -0.39 is 29.5 Å². The summed E-state index contributed by atoms with van der Waals surface area (Å²) in [6.07, 6.45) is -1.85. The molecule has 0 aliphatic carbocycles. The topological polar surface area (TPSA) is 116 Å². The third-order valence-corrected chi connectivity index (χ3v) is 1.45. The highest BCUT2D eigenvalue weighted by atomic mass is 19.3. The Morgan fingerprint density at radius 3 is 2.81 bits per heavy atom. The molecule has 0 fully saturated rings. The summed E-state index contributed by atoms with van der Waals surface area (Å²) in [7, 11) is 0. The Morgan fingerprint density at radius 1 is 1.62 bits per heavy atom. The summed E-state index contributed by atoms with van der Waals surface area (Å²) in [5.74, 6) is 4.09. The Hall–Kier alpha value is -2.10. The average Bonchev–Trinajstić information content (AvgIpc) is 2.25. The van der Waals surface area contributed by atoms with Crippen molar-refractivity contribution in [2.75, 3.05) is 12.0 Å². The van der Waals surface area contributed by atoms with Gasteiger partial charge in [-0.3, -0.25) is 10.1 Å². The second kappa shape index (κ2) is 5.11. The van der Waals surface area contributed by atoms with Gasteiger partial charge in [0, 0.05) is 0 Å². The van der Waals surface area contributed by atoms with E-state index in [-0.39, 0.29) is 5.82 Å². The van der Waals surface area contributed by atoms with E-state index in [1.165, 1.54) is 0 Å². The number of nitrogens with one attached hydrogen (secondary N) is 1. The summed E-state index contributed by atoms with van der Waals surface area (Å²) in [5, 5.41) is 10.6. The Morgan fingerprint density at radius 2 is 2.31 bits per heavy atom. The summed E-state index contributed by atoms with van der Waals surface area (Å²) in [4.78, 5) is 16.6. The molecule has 0 bridgehead atoms. The smallest absolute Gasteiger partial charge is 0.374 e. The molecule has 0 unspecified atom stereocenters. The third-order valence-electron chi connectivity index (χ3n) is 1.45. The molecule has 0 atom stereocenters. The Labute approximate surface area is 87.6 Å². The number of hydrazine groups is 1. The van der Waals surface area contributed by atoms with Crippen LogP contribution in [0, 0.1) is 10.1 Å². The minimum atomic E-state index is -2.76. The standard InChI is InChI=1S/C6H7F2N5O3/c7-3(8)1-16-6-4(13(14)15)5(12-9)10-2-11-6/h2-3H,1,9H2,(H,10,11,12). The summed E-state index contributed by atoms with van der Waals surface area (Å²) in [6, 6.07) is 0. The lowest BCUT2D eigenvalue weighted by Crippen LogP contribution is -2.14. The first kappa shape index (κ1) is 12.0. The fraction of sp³-hybridized carbons (Fsp3) is 0.333. The van der Waals surface area contributed by atoms with Crippen molar-refractivity contribution in [3.8, 4) is 5.88 Å². The van der Waals surface area contributed by atoms with E-state index in [2.05, 4.69) is 14.7 Å².